The van der Waals surface area contributed by atoms with E-state index in [-0.39, 0.29) is 11.7 Å². The molecule has 5 heteroatoms. The molecule has 0 saturated carbocycles. The minimum atomic E-state index is -0.301. The number of benzene rings is 2. The lowest BCUT2D eigenvalue weighted by molar-refractivity contribution is -0.116. The smallest absolute Gasteiger partial charge is 0.224 e. The molecule has 2 aromatic carbocycles. The Morgan fingerprint density at radius 1 is 1.08 bits per heavy atom. The molecular weight excluding hydrogens is 307 g/mol. The average Bonchev–Trinajstić information content (AvgIpc) is 2.61. The molecule has 1 amide bonds. The Labute approximate surface area is 139 Å². The van der Waals surface area contributed by atoms with E-state index in [2.05, 4.69) is 10.3 Å². The lowest BCUT2D eigenvalue weighted by atomic mass is 10.2. The number of pyridine rings is 1. The summed E-state index contributed by atoms with van der Waals surface area (Å²) in [4.78, 5) is 16.4. The molecule has 1 N–H and O–H groups in total. The van der Waals surface area contributed by atoms with E-state index in [1.807, 2.05) is 30.3 Å². The van der Waals surface area contributed by atoms with Crippen LogP contribution in [0.4, 0.5) is 10.1 Å². The summed E-state index contributed by atoms with van der Waals surface area (Å²) in [5.74, 6) is 0.205. The van der Waals surface area contributed by atoms with E-state index in [1.54, 1.807) is 18.3 Å². The molecule has 0 aliphatic carbocycles. The highest BCUT2D eigenvalue weighted by molar-refractivity contribution is 6.00. The van der Waals surface area contributed by atoms with Crippen LogP contribution in [-0.4, -0.2) is 17.5 Å². The van der Waals surface area contributed by atoms with Crippen LogP contribution in [-0.2, 0) is 4.79 Å². The lowest BCUT2D eigenvalue weighted by Gasteiger charge is -2.09. The third-order valence-electron chi connectivity index (χ3n) is 3.54. The van der Waals surface area contributed by atoms with Crippen LogP contribution >= 0.6 is 0 Å². The molecule has 0 saturated heterocycles. The maximum absolute atomic E-state index is 12.8. The number of hydrogen-bond donors (Lipinski definition) is 1. The van der Waals surface area contributed by atoms with Gasteiger partial charge in [-0.15, -0.1) is 0 Å². The highest BCUT2D eigenvalue weighted by Gasteiger charge is 2.06. The van der Waals surface area contributed by atoms with Crippen LogP contribution < -0.4 is 10.1 Å². The lowest BCUT2D eigenvalue weighted by Crippen LogP contribution is -2.13. The third-order valence-corrected chi connectivity index (χ3v) is 3.54. The van der Waals surface area contributed by atoms with Gasteiger partial charge in [0, 0.05) is 18.0 Å². The van der Waals surface area contributed by atoms with Crippen LogP contribution in [0.15, 0.2) is 60.8 Å². The fraction of sp³-hybridized carbons (Fsp3) is 0.158. The molecule has 0 fully saturated rings. The second-order valence-electron chi connectivity index (χ2n) is 5.33. The first-order chi connectivity index (χ1) is 11.7. The number of nitrogens with one attached hydrogen (secondary N) is 1. The van der Waals surface area contributed by atoms with E-state index in [1.165, 1.54) is 12.1 Å². The Bertz CT molecular complexity index is 829. The molecule has 0 spiro atoms. The standard InChI is InChI=1S/C19H17FN2O2/c20-15-8-10-16(11-9-15)24-13-3-7-18(23)22-17-6-1-4-14-5-2-12-21-19(14)17/h1-2,4-6,8-12H,3,7,13H2,(H,22,23). The van der Waals surface area contributed by atoms with Crippen LogP contribution in [0.5, 0.6) is 5.75 Å². The van der Waals surface area contributed by atoms with Crippen molar-refractivity contribution in [2.45, 2.75) is 12.8 Å². The molecule has 24 heavy (non-hydrogen) atoms. The SMILES string of the molecule is O=C(CCCOc1ccc(F)cc1)Nc1cccc2cccnc12. The zero-order valence-electron chi connectivity index (χ0n) is 13.0. The number of ether oxygens (including phenoxy) is 1. The van der Waals surface area contributed by atoms with Crippen molar-refractivity contribution in [1.29, 1.82) is 0 Å². The molecule has 0 radical (unpaired) electrons. The first-order valence-corrected chi connectivity index (χ1v) is 7.74. The average molecular weight is 324 g/mol. The zero-order valence-corrected chi connectivity index (χ0v) is 13.0. The van der Waals surface area contributed by atoms with Crippen LogP contribution in [0.25, 0.3) is 10.9 Å². The number of anilines is 1. The van der Waals surface area contributed by atoms with Crippen molar-refractivity contribution in [3.05, 3.63) is 66.6 Å². The molecule has 0 aliphatic heterocycles. The quantitative estimate of drug-likeness (QED) is 0.692. The maximum Gasteiger partial charge on any atom is 0.224 e. The summed E-state index contributed by atoms with van der Waals surface area (Å²) in [6.07, 6.45) is 2.61. The van der Waals surface area contributed by atoms with Crippen molar-refractivity contribution in [2.24, 2.45) is 0 Å². The van der Waals surface area contributed by atoms with Gasteiger partial charge < -0.3 is 10.1 Å². The molecule has 0 atom stereocenters. The van der Waals surface area contributed by atoms with E-state index in [4.69, 9.17) is 4.74 Å². The van der Waals surface area contributed by atoms with Gasteiger partial charge in [0.15, 0.2) is 0 Å². The number of carbonyl (C=O) groups excluding carboxylic acids is 1. The number of para-hydroxylation sites is 1. The van der Waals surface area contributed by atoms with Gasteiger partial charge in [-0.05, 0) is 42.8 Å². The third kappa shape index (κ3) is 4.07. The Kier molecular flexibility index (Phi) is 5.01. The van der Waals surface area contributed by atoms with Gasteiger partial charge in [0.25, 0.3) is 0 Å². The molecule has 4 nitrogen and oxygen atoms in total. The molecule has 122 valence electrons. The van der Waals surface area contributed by atoms with Gasteiger partial charge in [0.2, 0.25) is 5.91 Å². The van der Waals surface area contributed by atoms with Gasteiger partial charge in [-0.25, -0.2) is 4.39 Å². The van der Waals surface area contributed by atoms with Gasteiger partial charge in [-0.1, -0.05) is 18.2 Å². The summed E-state index contributed by atoms with van der Waals surface area (Å²) in [6, 6.07) is 15.3. The fourth-order valence-electron chi connectivity index (χ4n) is 2.37. The molecule has 0 unspecified atom stereocenters. The molecule has 0 bridgehead atoms. The van der Waals surface area contributed by atoms with Crippen molar-refractivity contribution < 1.29 is 13.9 Å². The van der Waals surface area contributed by atoms with Crippen LogP contribution in [0, 0.1) is 5.82 Å². The van der Waals surface area contributed by atoms with Gasteiger partial charge in [0.1, 0.15) is 11.6 Å². The Balaban J connectivity index is 1.49. The van der Waals surface area contributed by atoms with E-state index >= 15 is 0 Å². The van der Waals surface area contributed by atoms with E-state index in [0.29, 0.717) is 30.9 Å². The number of aromatic nitrogens is 1. The first-order valence-electron chi connectivity index (χ1n) is 7.74. The summed E-state index contributed by atoms with van der Waals surface area (Å²) >= 11 is 0. The summed E-state index contributed by atoms with van der Waals surface area (Å²) in [5, 5.41) is 3.87. The second kappa shape index (κ2) is 7.55. The summed E-state index contributed by atoms with van der Waals surface area (Å²) < 4.78 is 18.3. The summed E-state index contributed by atoms with van der Waals surface area (Å²) in [5.41, 5.74) is 1.48. The number of halogens is 1. The fourth-order valence-corrected chi connectivity index (χ4v) is 2.37. The van der Waals surface area contributed by atoms with Crippen LogP contribution in [0.2, 0.25) is 0 Å². The van der Waals surface area contributed by atoms with Gasteiger partial charge in [0.05, 0.1) is 17.8 Å². The molecular formula is C19H17FN2O2. The maximum atomic E-state index is 12.8. The highest BCUT2D eigenvalue weighted by atomic mass is 19.1. The van der Waals surface area contributed by atoms with Gasteiger partial charge in [-0.2, -0.15) is 0 Å². The molecule has 3 aromatic rings. The van der Waals surface area contributed by atoms with Crippen molar-refractivity contribution >= 4 is 22.5 Å². The minimum Gasteiger partial charge on any atom is -0.494 e. The Morgan fingerprint density at radius 3 is 2.71 bits per heavy atom. The number of amides is 1. The van der Waals surface area contributed by atoms with E-state index in [9.17, 15) is 9.18 Å². The molecule has 0 aliphatic rings. The van der Waals surface area contributed by atoms with Crippen molar-refractivity contribution in [3.63, 3.8) is 0 Å². The largest absolute Gasteiger partial charge is 0.494 e. The van der Waals surface area contributed by atoms with Gasteiger partial charge >= 0.3 is 0 Å². The molecule has 1 aromatic heterocycles. The van der Waals surface area contributed by atoms with E-state index in [0.717, 1.165) is 10.9 Å². The number of nitrogens with zero attached hydrogens (tertiary/aromatic N) is 1. The van der Waals surface area contributed by atoms with Crippen molar-refractivity contribution in [1.82, 2.24) is 4.98 Å². The van der Waals surface area contributed by atoms with Crippen LogP contribution in [0.1, 0.15) is 12.8 Å². The monoisotopic (exact) mass is 324 g/mol. The number of hydrogen-bond acceptors (Lipinski definition) is 3. The van der Waals surface area contributed by atoms with E-state index < -0.39 is 0 Å². The Morgan fingerprint density at radius 2 is 1.88 bits per heavy atom. The minimum absolute atomic E-state index is 0.0872. The van der Waals surface area contributed by atoms with Crippen LogP contribution in [0.3, 0.4) is 0 Å². The molecule has 3 rings (SSSR count). The van der Waals surface area contributed by atoms with Crippen molar-refractivity contribution in [3.8, 4) is 5.75 Å². The van der Waals surface area contributed by atoms with Gasteiger partial charge in [-0.3, -0.25) is 9.78 Å². The molecule has 1 heterocycles. The number of carbonyl (C=O) groups is 1. The predicted octanol–water partition coefficient (Wildman–Crippen LogP) is 4.17. The predicted molar refractivity (Wildman–Crippen MR) is 91.5 cm³/mol. The van der Waals surface area contributed by atoms with Crippen molar-refractivity contribution in [2.75, 3.05) is 11.9 Å². The number of rotatable bonds is 6. The summed E-state index contributed by atoms with van der Waals surface area (Å²) in [6.45, 7) is 0.396. The summed E-state index contributed by atoms with van der Waals surface area (Å²) in [7, 11) is 0. The highest BCUT2D eigenvalue weighted by Crippen LogP contribution is 2.20. The topological polar surface area (TPSA) is 51.2 Å². The Hall–Kier alpha value is -2.95. The normalized spacial score (nSPS) is 10.5. The first kappa shape index (κ1) is 15.9. The zero-order chi connectivity index (χ0) is 16.8. The number of fused-ring (bicyclic) bond motifs is 1. The second-order valence-corrected chi connectivity index (χ2v) is 5.33.